The number of benzene rings is 1. The molecule has 0 aliphatic rings. The molecule has 0 saturated heterocycles. The van der Waals surface area contributed by atoms with Crippen molar-refractivity contribution in [1.82, 2.24) is 9.97 Å². The monoisotopic (exact) mass is 293 g/mol. The van der Waals surface area contributed by atoms with Crippen LogP contribution in [0.3, 0.4) is 0 Å². The Morgan fingerprint density at radius 3 is 2.80 bits per heavy atom. The van der Waals surface area contributed by atoms with E-state index in [1.54, 1.807) is 13.2 Å². The zero-order chi connectivity index (χ0) is 14.4. The van der Waals surface area contributed by atoms with Gasteiger partial charge in [0.25, 0.3) is 0 Å². The first-order valence-electron chi connectivity index (χ1n) is 6.24. The Kier molecular flexibility index (Phi) is 5.01. The zero-order valence-electron chi connectivity index (χ0n) is 11.4. The molecule has 0 radical (unpaired) electrons. The van der Waals surface area contributed by atoms with Crippen molar-refractivity contribution >= 4 is 17.4 Å². The van der Waals surface area contributed by atoms with Gasteiger partial charge in [0.2, 0.25) is 5.88 Å². The average molecular weight is 294 g/mol. The molecule has 2 aromatic rings. The van der Waals surface area contributed by atoms with E-state index in [9.17, 15) is 0 Å². The second-order valence-corrected chi connectivity index (χ2v) is 4.40. The number of nitrogens with zero attached hydrogens (tertiary/aromatic N) is 2. The summed E-state index contributed by atoms with van der Waals surface area (Å²) in [6, 6.07) is 7.40. The minimum Gasteiger partial charge on any atom is -0.495 e. The molecule has 0 spiro atoms. The number of methoxy groups -OCH3 is 1. The second-order valence-electron chi connectivity index (χ2n) is 4.00. The van der Waals surface area contributed by atoms with E-state index in [1.165, 1.54) is 6.33 Å². The van der Waals surface area contributed by atoms with Gasteiger partial charge in [-0.2, -0.15) is 0 Å². The summed E-state index contributed by atoms with van der Waals surface area (Å²) in [7, 11) is 1.59. The molecule has 6 heteroatoms. The summed E-state index contributed by atoms with van der Waals surface area (Å²) in [5, 5.41) is 3.78. The van der Waals surface area contributed by atoms with Crippen LogP contribution in [0.5, 0.6) is 11.6 Å². The Morgan fingerprint density at radius 2 is 2.10 bits per heavy atom. The van der Waals surface area contributed by atoms with Gasteiger partial charge in [0.15, 0.2) is 0 Å². The third-order valence-corrected chi connectivity index (χ3v) is 2.92. The van der Waals surface area contributed by atoms with Gasteiger partial charge in [-0.15, -0.1) is 0 Å². The van der Waals surface area contributed by atoms with Gasteiger partial charge < -0.3 is 14.8 Å². The van der Waals surface area contributed by atoms with Gasteiger partial charge >= 0.3 is 0 Å². The van der Waals surface area contributed by atoms with Crippen molar-refractivity contribution in [2.45, 2.75) is 13.5 Å². The molecule has 2 rings (SSSR count). The summed E-state index contributed by atoms with van der Waals surface area (Å²) in [5.74, 6) is 1.92. The van der Waals surface area contributed by atoms with Crippen LogP contribution < -0.4 is 14.8 Å². The summed E-state index contributed by atoms with van der Waals surface area (Å²) >= 11 is 6.08. The molecular weight excluding hydrogens is 278 g/mol. The summed E-state index contributed by atoms with van der Waals surface area (Å²) in [6.45, 7) is 3.09. The minimum atomic E-state index is 0.553. The highest BCUT2D eigenvalue weighted by Crippen LogP contribution is 2.25. The lowest BCUT2D eigenvalue weighted by atomic mass is 10.2. The maximum absolute atomic E-state index is 6.08. The Hall–Kier alpha value is -2.01. The quantitative estimate of drug-likeness (QED) is 0.886. The highest BCUT2D eigenvalue weighted by Gasteiger charge is 2.03. The number of aromatic nitrogens is 2. The highest BCUT2D eigenvalue weighted by molar-refractivity contribution is 6.32. The molecule has 1 heterocycles. The summed E-state index contributed by atoms with van der Waals surface area (Å²) in [4.78, 5) is 8.14. The lowest BCUT2D eigenvalue weighted by Gasteiger charge is -2.09. The maximum Gasteiger partial charge on any atom is 0.218 e. The van der Waals surface area contributed by atoms with Crippen LogP contribution in [0.2, 0.25) is 5.02 Å². The molecule has 0 aliphatic carbocycles. The topological polar surface area (TPSA) is 56.3 Å². The smallest absolute Gasteiger partial charge is 0.218 e. The number of anilines is 1. The molecule has 0 saturated carbocycles. The number of ether oxygens (including phenoxy) is 2. The number of halogens is 1. The van der Waals surface area contributed by atoms with Gasteiger partial charge in [0.05, 0.1) is 18.7 Å². The van der Waals surface area contributed by atoms with Crippen molar-refractivity contribution in [3.05, 3.63) is 41.2 Å². The standard InChI is InChI=1S/C14H16ClN3O2/c1-3-20-14-7-13(17-9-18-14)16-8-10-4-5-12(19-2)11(15)6-10/h4-7,9H,3,8H2,1-2H3,(H,16,17,18). The molecule has 1 aromatic carbocycles. The zero-order valence-corrected chi connectivity index (χ0v) is 12.1. The molecule has 0 atom stereocenters. The van der Waals surface area contributed by atoms with Crippen LogP contribution in [0.4, 0.5) is 5.82 Å². The van der Waals surface area contributed by atoms with Crippen LogP contribution >= 0.6 is 11.6 Å². The molecule has 0 fully saturated rings. The number of hydrogen-bond donors (Lipinski definition) is 1. The molecule has 0 amide bonds. The lowest BCUT2D eigenvalue weighted by Crippen LogP contribution is -2.03. The van der Waals surface area contributed by atoms with Crippen LogP contribution in [-0.2, 0) is 6.54 Å². The van der Waals surface area contributed by atoms with Crippen LogP contribution in [0.1, 0.15) is 12.5 Å². The first-order valence-corrected chi connectivity index (χ1v) is 6.62. The molecule has 0 unspecified atom stereocenters. The van der Waals surface area contributed by atoms with Gasteiger partial charge in [-0.3, -0.25) is 0 Å². The van der Waals surface area contributed by atoms with Crippen LogP contribution in [0.15, 0.2) is 30.6 Å². The number of hydrogen-bond acceptors (Lipinski definition) is 5. The molecule has 1 N–H and O–H groups in total. The van der Waals surface area contributed by atoms with Crippen molar-refractivity contribution in [3.63, 3.8) is 0 Å². The van der Waals surface area contributed by atoms with Gasteiger partial charge in [-0.25, -0.2) is 9.97 Å². The van der Waals surface area contributed by atoms with Crippen molar-refractivity contribution in [3.8, 4) is 11.6 Å². The lowest BCUT2D eigenvalue weighted by molar-refractivity contribution is 0.326. The largest absolute Gasteiger partial charge is 0.495 e. The Bertz CT molecular complexity index is 578. The van der Waals surface area contributed by atoms with Crippen LogP contribution in [-0.4, -0.2) is 23.7 Å². The van der Waals surface area contributed by atoms with Crippen molar-refractivity contribution in [2.24, 2.45) is 0 Å². The van der Waals surface area contributed by atoms with Gasteiger partial charge in [-0.1, -0.05) is 17.7 Å². The van der Waals surface area contributed by atoms with Crippen LogP contribution in [0, 0.1) is 0 Å². The average Bonchev–Trinajstić information content (AvgIpc) is 2.46. The van der Waals surface area contributed by atoms with Gasteiger partial charge in [0.1, 0.15) is 17.9 Å². The summed E-state index contributed by atoms with van der Waals surface area (Å²) in [6.07, 6.45) is 1.47. The number of nitrogens with one attached hydrogen (secondary N) is 1. The Morgan fingerprint density at radius 1 is 1.25 bits per heavy atom. The normalized spacial score (nSPS) is 10.2. The van der Waals surface area contributed by atoms with E-state index in [4.69, 9.17) is 21.1 Å². The number of rotatable bonds is 6. The fourth-order valence-electron chi connectivity index (χ4n) is 1.68. The fraction of sp³-hybridized carbons (Fsp3) is 0.286. The predicted molar refractivity (Wildman–Crippen MR) is 78.5 cm³/mol. The Balaban J connectivity index is 2.01. The van der Waals surface area contributed by atoms with Crippen molar-refractivity contribution < 1.29 is 9.47 Å². The van der Waals surface area contributed by atoms with E-state index >= 15 is 0 Å². The molecule has 5 nitrogen and oxygen atoms in total. The SMILES string of the molecule is CCOc1cc(NCc2ccc(OC)c(Cl)c2)ncn1. The Labute approximate surface area is 122 Å². The molecule has 0 bridgehead atoms. The van der Waals surface area contributed by atoms with E-state index in [1.807, 2.05) is 25.1 Å². The molecule has 106 valence electrons. The van der Waals surface area contributed by atoms with Gasteiger partial charge in [0, 0.05) is 12.6 Å². The first-order chi connectivity index (χ1) is 9.72. The predicted octanol–water partition coefficient (Wildman–Crippen LogP) is 3.15. The molecule has 0 aliphatic heterocycles. The molecule has 20 heavy (non-hydrogen) atoms. The summed E-state index contributed by atoms with van der Waals surface area (Å²) < 4.78 is 10.4. The molecular formula is C14H16ClN3O2. The van der Waals surface area contributed by atoms with Crippen LogP contribution in [0.25, 0.3) is 0 Å². The second kappa shape index (κ2) is 6.96. The van der Waals surface area contributed by atoms with Gasteiger partial charge in [-0.05, 0) is 24.6 Å². The van der Waals surface area contributed by atoms with Crippen molar-refractivity contribution in [2.75, 3.05) is 19.0 Å². The van der Waals surface area contributed by atoms with Crippen molar-refractivity contribution in [1.29, 1.82) is 0 Å². The van der Waals surface area contributed by atoms with E-state index in [0.29, 0.717) is 35.6 Å². The minimum absolute atomic E-state index is 0.553. The van der Waals surface area contributed by atoms with E-state index in [2.05, 4.69) is 15.3 Å². The first kappa shape index (κ1) is 14.4. The van der Waals surface area contributed by atoms with E-state index in [-0.39, 0.29) is 0 Å². The molecule has 1 aromatic heterocycles. The highest BCUT2D eigenvalue weighted by atomic mass is 35.5. The third kappa shape index (κ3) is 3.74. The maximum atomic E-state index is 6.08. The van der Waals surface area contributed by atoms with E-state index in [0.717, 1.165) is 5.56 Å². The third-order valence-electron chi connectivity index (χ3n) is 2.62. The fourth-order valence-corrected chi connectivity index (χ4v) is 1.96. The summed E-state index contributed by atoms with van der Waals surface area (Å²) in [5.41, 5.74) is 1.03. The van der Waals surface area contributed by atoms with E-state index < -0.39 is 0 Å².